The molecule has 0 atom stereocenters. The molecule has 0 saturated carbocycles. The van der Waals surface area contributed by atoms with Crippen molar-refractivity contribution in [3.05, 3.63) is 95.3 Å². The molecule has 0 bridgehead atoms. The van der Waals surface area contributed by atoms with Crippen molar-refractivity contribution in [2.45, 2.75) is 13.8 Å². The summed E-state index contributed by atoms with van der Waals surface area (Å²) >= 11 is 0. The molecule has 2 aromatic carbocycles. The van der Waals surface area contributed by atoms with E-state index in [1.807, 2.05) is 6.07 Å². The van der Waals surface area contributed by atoms with E-state index in [4.69, 9.17) is 0 Å². The second kappa shape index (κ2) is 5.83. The molecule has 0 spiro atoms. The van der Waals surface area contributed by atoms with E-state index in [2.05, 4.69) is 86.3 Å². The fraction of sp³-hybridized carbons (Fsp3) is 0.0952. The normalized spacial score (nSPS) is 14.1. The zero-order chi connectivity index (χ0) is 14.7. The Labute approximate surface area is 126 Å². The number of rotatable bonds is 2. The summed E-state index contributed by atoms with van der Waals surface area (Å²) in [5, 5.41) is 0. The van der Waals surface area contributed by atoms with Crippen molar-refractivity contribution < 1.29 is 0 Å². The maximum Gasteiger partial charge on any atom is -0.00102 e. The molecule has 0 heteroatoms. The molecule has 0 saturated heterocycles. The van der Waals surface area contributed by atoms with Crippen molar-refractivity contribution >= 4 is 5.57 Å². The largest absolute Gasteiger partial charge is 0.114 e. The minimum Gasteiger partial charge on any atom is -0.114 e. The summed E-state index contributed by atoms with van der Waals surface area (Å²) in [6.45, 7) is 4.20. The number of hydrogen-bond donors (Lipinski definition) is 0. The Morgan fingerprint density at radius 2 is 1.33 bits per heavy atom. The van der Waals surface area contributed by atoms with Crippen LogP contribution in [0.5, 0.6) is 0 Å². The molecular weight excluding hydrogens is 252 g/mol. The molecule has 0 radical (unpaired) electrons. The van der Waals surface area contributed by atoms with Gasteiger partial charge in [-0.3, -0.25) is 0 Å². The Hall–Kier alpha value is -2.56. The quantitative estimate of drug-likeness (QED) is 0.605. The predicted molar refractivity (Wildman–Crippen MR) is 90.9 cm³/mol. The smallest absolute Gasteiger partial charge is 0.00102 e. The van der Waals surface area contributed by atoms with Gasteiger partial charge in [0.25, 0.3) is 0 Å². The SMILES string of the molecule is CC1=C=C(C)C(c2ccc(-c3ccccc3)cc2)=CC=C1. The Bertz CT molecular complexity index is 763. The summed E-state index contributed by atoms with van der Waals surface area (Å²) in [5.74, 6) is 0. The minimum absolute atomic E-state index is 1.17. The zero-order valence-corrected chi connectivity index (χ0v) is 12.4. The Kier molecular flexibility index (Phi) is 3.73. The number of hydrogen-bond acceptors (Lipinski definition) is 0. The van der Waals surface area contributed by atoms with Crippen molar-refractivity contribution in [2.24, 2.45) is 0 Å². The number of allylic oxidation sites excluding steroid dienone is 5. The van der Waals surface area contributed by atoms with E-state index in [-0.39, 0.29) is 0 Å². The summed E-state index contributed by atoms with van der Waals surface area (Å²) in [7, 11) is 0. The fourth-order valence-corrected chi connectivity index (χ4v) is 2.60. The van der Waals surface area contributed by atoms with Gasteiger partial charge < -0.3 is 0 Å². The Morgan fingerprint density at radius 1 is 0.714 bits per heavy atom. The van der Waals surface area contributed by atoms with Crippen molar-refractivity contribution in [1.82, 2.24) is 0 Å². The minimum atomic E-state index is 1.17. The molecule has 0 unspecified atom stereocenters. The van der Waals surface area contributed by atoms with Crippen LogP contribution in [-0.4, -0.2) is 0 Å². The lowest BCUT2D eigenvalue weighted by Crippen LogP contribution is -1.86. The van der Waals surface area contributed by atoms with Gasteiger partial charge in [-0.05, 0) is 47.3 Å². The van der Waals surface area contributed by atoms with Gasteiger partial charge in [0.15, 0.2) is 0 Å². The van der Waals surface area contributed by atoms with Gasteiger partial charge in [0.1, 0.15) is 0 Å². The highest BCUT2D eigenvalue weighted by atomic mass is 14.1. The van der Waals surface area contributed by atoms with Gasteiger partial charge in [-0.15, -0.1) is 5.73 Å². The Morgan fingerprint density at radius 3 is 2.05 bits per heavy atom. The highest BCUT2D eigenvalue weighted by Gasteiger charge is 2.05. The van der Waals surface area contributed by atoms with E-state index < -0.39 is 0 Å². The van der Waals surface area contributed by atoms with E-state index in [1.54, 1.807) is 0 Å². The van der Waals surface area contributed by atoms with Gasteiger partial charge in [-0.2, -0.15) is 0 Å². The van der Waals surface area contributed by atoms with Crippen LogP contribution in [-0.2, 0) is 0 Å². The van der Waals surface area contributed by atoms with Gasteiger partial charge in [0.2, 0.25) is 0 Å². The van der Waals surface area contributed by atoms with E-state index in [0.717, 1.165) is 0 Å². The van der Waals surface area contributed by atoms with E-state index >= 15 is 0 Å². The van der Waals surface area contributed by atoms with Crippen LogP contribution in [0.1, 0.15) is 19.4 Å². The average molecular weight is 270 g/mol. The molecule has 0 aliphatic heterocycles. The molecule has 0 heterocycles. The molecule has 0 N–H and O–H groups in total. The molecule has 0 nitrogen and oxygen atoms in total. The van der Waals surface area contributed by atoms with Crippen LogP contribution >= 0.6 is 0 Å². The lowest BCUT2D eigenvalue weighted by atomic mass is 9.96. The first kappa shape index (κ1) is 13.4. The Balaban J connectivity index is 1.97. The van der Waals surface area contributed by atoms with Crippen molar-refractivity contribution in [2.75, 3.05) is 0 Å². The third kappa shape index (κ3) is 2.97. The van der Waals surface area contributed by atoms with Crippen LogP contribution in [0.25, 0.3) is 16.7 Å². The second-order valence-electron chi connectivity index (χ2n) is 5.32. The van der Waals surface area contributed by atoms with Crippen LogP contribution in [0.4, 0.5) is 0 Å². The molecule has 2 aromatic rings. The zero-order valence-electron chi connectivity index (χ0n) is 12.4. The molecule has 0 amide bonds. The molecular formula is C21H18. The lowest BCUT2D eigenvalue weighted by molar-refractivity contribution is 1.48. The summed E-state index contributed by atoms with van der Waals surface area (Å²) in [6.07, 6.45) is 6.35. The molecule has 0 aromatic heterocycles. The summed E-state index contributed by atoms with van der Waals surface area (Å²) in [6, 6.07) is 19.2. The van der Waals surface area contributed by atoms with Crippen LogP contribution in [0.2, 0.25) is 0 Å². The molecule has 102 valence electrons. The topological polar surface area (TPSA) is 0 Å². The maximum absolute atomic E-state index is 3.41. The van der Waals surface area contributed by atoms with E-state index in [9.17, 15) is 0 Å². The summed E-state index contributed by atoms with van der Waals surface area (Å²) in [5.41, 5.74) is 10.7. The first-order valence-corrected chi connectivity index (χ1v) is 7.23. The van der Waals surface area contributed by atoms with Crippen molar-refractivity contribution in [3.8, 4) is 11.1 Å². The van der Waals surface area contributed by atoms with E-state index in [0.29, 0.717) is 0 Å². The molecule has 3 rings (SSSR count). The van der Waals surface area contributed by atoms with Gasteiger partial charge >= 0.3 is 0 Å². The van der Waals surface area contributed by atoms with Gasteiger partial charge in [-0.1, -0.05) is 72.8 Å². The van der Waals surface area contributed by atoms with E-state index in [1.165, 1.54) is 33.4 Å². The van der Waals surface area contributed by atoms with Crippen LogP contribution in [0, 0.1) is 0 Å². The summed E-state index contributed by atoms with van der Waals surface area (Å²) < 4.78 is 0. The molecule has 0 fully saturated rings. The van der Waals surface area contributed by atoms with Crippen LogP contribution in [0.3, 0.4) is 0 Å². The lowest BCUT2D eigenvalue weighted by Gasteiger charge is -2.08. The first-order valence-electron chi connectivity index (χ1n) is 7.23. The number of benzene rings is 2. The third-order valence-corrected chi connectivity index (χ3v) is 3.70. The van der Waals surface area contributed by atoms with Crippen molar-refractivity contribution in [1.29, 1.82) is 0 Å². The standard InChI is InChI=1S/C21H18/c1-16-7-6-10-21(17(2)15-16)20-13-11-19(12-14-20)18-8-4-3-5-9-18/h3-14H,1-2H3. The molecule has 21 heavy (non-hydrogen) atoms. The van der Waals surface area contributed by atoms with Crippen molar-refractivity contribution in [3.63, 3.8) is 0 Å². The fourth-order valence-electron chi connectivity index (χ4n) is 2.60. The molecule has 1 aliphatic rings. The average Bonchev–Trinajstić information content (AvgIpc) is 2.69. The summed E-state index contributed by atoms with van der Waals surface area (Å²) in [4.78, 5) is 0. The van der Waals surface area contributed by atoms with Crippen LogP contribution < -0.4 is 0 Å². The highest BCUT2D eigenvalue weighted by Crippen LogP contribution is 2.27. The first-order chi connectivity index (χ1) is 10.2. The predicted octanol–water partition coefficient (Wildman–Crippen LogP) is 5.80. The third-order valence-electron chi connectivity index (χ3n) is 3.70. The monoisotopic (exact) mass is 270 g/mol. The highest BCUT2D eigenvalue weighted by molar-refractivity contribution is 5.81. The van der Waals surface area contributed by atoms with Crippen LogP contribution in [0.15, 0.2) is 89.7 Å². The van der Waals surface area contributed by atoms with Gasteiger partial charge in [0, 0.05) is 0 Å². The van der Waals surface area contributed by atoms with Gasteiger partial charge in [-0.25, -0.2) is 0 Å². The molecule has 1 aliphatic carbocycles. The van der Waals surface area contributed by atoms with Gasteiger partial charge in [0.05, 0.1) is 0 Å². The maximum atomic E-state index is 3.41. The second-order valence-corrected chi connectivity index (χ2v) is 5.32.